The second-order valence-corrected chi connectivity index (χ2v) is 6.11. The lowest BCUT2D eigenvalue weighted by molar-refractivity contribution is 0.535. The van der Waals surface area contributed by atoms with Gasteiger partial charge in [0.25, 0.3) is 0 Å². The maximum Gasteiger partial charge on any atom is 0.0270 e. The normalized spacial score (nSPS) is 13.4. The quantitative estimate of drug-likeness (QED) is 0.577. The smallest absolute Gasteiger partial charge is 0.0270 e. The van der Waals surface area contributed by atoms with Gasteiger partial charge in [-0.1, -0.05) is 67.6 Å². The highest BCUT2D eigenvalue weighted by molar-refractivity contribution is 5.27. The Morgan fingerprint density at radius 3 is 2.00 bits per heavy atom. The van der Waals surface area contributed by atoms with Crippen molar-refractivity contribution in [2.75, 3.05) is 0 Å². The predicted octanol–water partition coefficient (Wildman–Crippen LogP) is 5.60. The van der Waals surface area contributed by atoms with Crippen LogP contribution in [0.2, 0.25) is 0 Å². The van der Waals surface area contributed by atoms with Gasteiger partial charge in [0.15, 0.2) is 0 Å². The highest BCUT2D eigenvalue weighted by atomic mass is 14.6. The minimum absolute atomic E-state index is 0.488. The SMILES string of the molecule is C[C@@H](c1ccccc1)[C@H](CCc1ccccc1)c1ccncc1. The molecule has 23 heavy (non-hydrogen) atoms. The molecule has 116 valence electrons. The Bertz CT molecular complexity index is 692. The topological polar surface area (TPSA) is 12.9 Å². The molecule has 0 saturated carbocycles. The van der Waals surface area contributed by atoms with Gasteiger partial charge in [-0.2, -0.15) is 0 Å². The molecule has 0 spiro atoms. The standard InChI is InChI=1S/C22H23N/c1-18(20-10-6-3-7-11-20)22(21-14-16-23-17-15-21)13-12-19-8-4-2-5-9-19/h2-11,14-18,22H,12-13H2,1H3/t18-,22-/m0/s1. The fourth-order valence-corrected chi connectivity index (χ4v) is 3.27. The third-order valence-corrected chi connectivity index (χ3v) is 4.65. The molecule has 0 bridgehead atoms. The molecule has 0 aliphatic carbocycles. The number of rotatable bonds is 6. The van der Waals surface area contributed by atoms with Crippen LogP contribution in [0.3, 0.4) is 0 Å². The molecule has 3 rings (SSSR count). The number of aryl methyl sites for hydroxylation is 1. The van der Waals surface area contributed by atoms with Gasteiger partial charge in [0, 0.05) is 12.4 Å². The van der Waals surface area contributed by atoms with Crippen LogP contribution in [0.4, 0.5) is 0 Å². The van der Waals surface area contributed by atoms with Crippen LogP contribution < -0.4 is 0 Å². The van der Waals surface area contributed by atoms with Crippen LogP contribution in [0.5, 0.6) is 0 Å². The Balaban J connectivity index is 1.82. The zero-order valence-corrected chi connectivity index (χ0v) is 13.6. The highest BCUT2D eigenvalue weighted by Crippen LogP contribution is 2.36. The molecule has 0 saturated heterocycles. The summed E-state index contributed by atoms with van der Waals surface area (Å²) in [4.78, 5) is 4.18. The molecule has 1 heterocycles. The number of aromatic nitrogens is 1. The van der Waals surface area contributed by atoms with Crippen LogP contribution in [0, 0.1) is 0 Å². The van der Waals surface area contributed by atoms with E-state index in [0.717, 1.165) is 12.8 Å². The molecule has 1 heteroatoms. The first kappa shape index (κ1) is 15.5. The third kappa shape index (κ3) is 4.07. The van der Waals surface area contributed by atoms with Crippen LogP contribution in [-0.2, 0) is 6.42 Å². The average molecular weight is 301 g/mol. The molecule has 0 unspecified atom stereocenters. The lowest BCUT2D eigenvalue weighted by Crippen LogP contribution is -2.10. The fraction of sp³-hybridized carbons (Fsp3) is 0.227. The van der Waals surface area contributed by atoms with E-state index in [9.17, 15) is 0 Å². The zero-order valence-electron chi connectivity index (χ0n) is 13.6. The number of benzene rings is 2. The molecule has 1 aromatic heterocycles. The molecule has 0 aliphatic rings. The van der Waals surface area contributed by atoms with Crippen molar-refractivity contribution in [2.24, 2.45) is 0 Å². The van der Waals surface area contributed by atoms with Crippen LogP contribution in [0.25, 0.3) is 0 Å². The van der Waals surface area contributed by atoms with Gasteiger partial charge in [-0.3, -0.25) is 4.98 Å². The summed E-state index contributed by atoms with van der Waals surface area (Å²) in [6.45, 7) is 2.34. The van der Waals surface area contributed by atoms with Crippen molar-refractivity contribution in [3.05, 3.63) is 102 Å². The maximum absolute atomic E-state index is 4.18. The molecule has 2 atom stereocenters. The van der Waals surface area contributed by atoms with Crippen LogP contribution in [0.1, 0.15) is 41.9 Å². The highest BCUT2D eigenvalue weighted by Gasteiger charge is 2.20. The van der Waals surface area contributed by atoms with Gasteiger partial charge in [-0.05, 0) is 53.5 Å². The minimum Gasteiger partial charge on any atom is -0.265 e. The summed E-state index contributed by atoms with van der Waals surface area (Å²) in [5.41, 5.74) is 4.20. The molecule has 0 radical (unpaired) electrons. The molecule has 1 nitrogen and oxygen atoms in total. The molecular weight excluding hydrogens is 278 g/mol. The van der Waals surface area contributed by atoms with Crippen molar-refractivity contribution in [3.8, 4) is 0 Å². The van der Waals surface area contributed by atoms with E-state index in [0.29, 0.717) is 11.8 Å². The third-order valence-electron chi connectivity index (χ3n) is 4.65. The van der Waals surface area contributed by atoms with E-state index < -0.39 is 0 Å². The summed E-state index contributed by atoms with van der Waals surface area (Å²) in [6.07, 6.45) is 6.06. The Morgan fingerprint density at radius 1 is 0.739 bits per heavy atom. The van der Waals surface area contributed by atoms with E-state index in [1.54, 1.807) is 0 Å². The summed E-state index contributed by atoms with van der Waals surface area (Å²) >= 11 is 0. The van der Waals surface area contributed by atoms with Crippen molar-refractivity contribution < 1.29 is 0 Å². The van der Waals surface area contributed by atoms with Crippen molar-refractivity contribution in [1.29, 1.82) is 0 Å². The van der Waals surface area contributed by atoms with E-state index in [4.69, 9.17) is 0 Å². The van der Waals surface area contributed by atoms with Crippen molar-refractivity contribution >= 4 is 0 Å². The Hall–Kier alpha value is -2.41. The number of hydrogen-bond donors (Lipinski definition) is 0. The summed E-state index contributed by atoms with van der Waals surface area (Å²) < 4.78 is 0. The minimum atomic E-state index is 0.488. The second-order valence-electron chi connectivity index (χ2n) is 6.11. The first-order valence-corrected chi connectivity index (χ1v) is 8.33. The van der Waals surface area contributed by atoms with Gasteiger partial charge in [0.1, 0.15) is 0 Å². The van der Waals surface area contributed by atoms with Gasteiger partial charge < -0.3 is 0 Å². The van der Waals surface area contributed by atoms with Crippen LogP contribution >= 0.6 is 0 Å². The monoisotopic (exact) mass is 301 g/mol. The largest absolute Gasteiger partial charge is 0.265 e. The van der Waals surface area contributed by atoms with Gasteiger partial charge >= 0.3 is 0 Å². The molecule has 3 aromatic rings. The van der Waals surface area contributed by atoms with Gasteiger partial charge in [-0.25, -0.2) is 0 Å². The lowest BCUT2D eigenvalue weighted by atomic mass is 9.79. The van der Waals surface area contributed by atoms with Gasteiger partial charge in [0.05, 0.1) is 0 Å². The van der Waals surface area contributed by atoms with Crippen LogP contribution in [-0.4, -0.2) is 4.98 Å². The number of hydrogen-bond acceptors (Lipinski definition) is 1. The summed E-state index contributed by atoms with van der Waals surface area (Å²) in [5, 5.41) is 0. The van der Waals surface area contributed by atoms with E-state index in [1.165, 1.54) is 16.7 Å². The average Bonchev–Trinajstić information content (AvgIpc) is 2.64. The summed E-state index contributed by atoms with van der Waals surface area (Å²) in [6, 6.07) is 25.9. The molecule has 2 aromatic carbocycles. The summed E-state index contributed by atoms with van der Waals surface area (Å²) in [7, 11) is 0. The van der Waals surface area contributed by atoms with Crippen molar-refractivity contribution in [2.45, 2.75) is 31.6 Å². The first-order valence-electron chi connectivity index (χ1n) is 8.33. The second kappa shape index (κ2) is 7.73. The molecular formula is C22H23N. The Morgan fingerprint density at radius 2 is 1.35 bits per heavy atom. The van der Waals surface area contributed by atoms with Gasteiger partial charge in [-0.15, -0.1) is 0 Å². The lowest BCUT2D eigenvalue weighted by Gasteiger charge is -2.25. The fourth-order valence-electron chi connectivity index (χ4n) is 3.27. The molecule has 0 fully saturated rings. The van der Waals surface area contributed by atoms with Crippen molar-refractivity contribution in [3.63, 3.8) is 0 Å². The van der Waals surface area contributed by atoms with Crippen LogP contribution in [0.15, 0.2) is 85.2 Å². The summed E-state index contributed by atoms with van der Waals surface area (Å²) in [5.74, 6) is 0.989. The number of nitrogens with zero attached hydrogens (tertiary/aromatic N) is 1. The Kier molecular flexibility index (Phi) is 5.21. The molecule has 0 aliphatic heterocycles. The molecule has 0 N–H and O–H groups in total. The maximum atomic E-state index is 4.18. The van der Waals surface area contributed by atoms with E-state index in [2.05, 4.69) is 84.7 Å². The van der Waals surface area contributed by atoms with Gasteiger partial charge in [0.2, 0.25) is 0 Å². The zero-order chi connectivity index (χ0) is 15.9. The first-order chi connectivity index (χ1) is 11.3. The van der Waals surface area contributed by atoms with E-state index >= 15 is 0 Å². The number of pyridine rings is 1. The predicted molar refractivity (Wildman–Crippen MR) is 96.6 cm³/mol. The van der Waals surface area contributed by atoms with E-state index in [1.807, 2.05) is 12.4 Å². The molecule has 0 amide bonds. The van der Waals surface area contributed by atoms with E-state index in [-0.39, 0.29) is 0 Å². The Labute approximate surface area is 139 Å². The van der Waals surface area contributed by atoms with Crippen molar-refractivity contribution in [1.82, 2.24) is 4.98 Å².